The lowest BCUT2D eigenvalue weighted by molar-refractivity contribution is -0.0124. The normalized spacial score (nSPS) is 12.5. The summed E-state index contributed by atoms with van der Waals surface area (Å²) < 4.78 is 10.5. The summed E-state index contributed by atoms with van der Waals surface area (Å²) in [5.74, 6) is -0.967. The highest BCUT2D eigenvalue weighted by Gasteiger charge is 2.14. The summed E-state index contributed by atoms with van der Waals surface area (Å²) in [7, 11) is 0. The molecule has 19 heavy (non-hydrogen) atoms. The van der Waals surface area contributed by atoms with Crippen molar-refractivity contribution < 1.29 is 24.5 Å². The summed E-state index contributed by atoms with van der Waals surface area (Å²) in [6, 6.07) is 4.29. The Hall–Kier alpha value is -1.30. The van der Waals surface area contributed by atoms with Crippen LogP contribution in [-0.4, -0.2) is 41.6 Å². The van der Waals surface area contributed by atoms with Gasteiger partial charge in [-0.2, -0.15) is 0 Å². The molecule has 1 aromatic carbocycles. The van der Waals surface area contributed by atoms with Crippen LogP contribution >= 0.6 is 11.6 Å². The van der Waals surface area contributed by atoms with E-state index in [0.29, 0.717) is 5.02 Å². The van der Waals surface area contributed by atoms with E-state index in [1.807, 2.05) is 13.8 Å². The Morgan fingerprint density at radius 2 is 2.05 bits per heavy atom. The highest BCUT2D eigenvalue weighted by atomic mass is 35.5. The fourth-order valence-corrected chi connectivity index (χ4v) is 1.50. The van der Waals surface area contributed by atoms with E-state index in [1.165, 1.54) is 18.2 Å². The van der Waals surface area contributed by atoms with Gasteiger partial charge in [-0.3, -0.25) is 0 Å². The molecule has 1 atom stereocenters. The van der Waals surface area contributed by atoms with E-state index >= 15 is 0 Å². The molecule has 0 heterocycles. The monoisotopic (exact) mass is 288 g/mol. The second kappa shape index (κ2) is 7.33. The van der Waals surface area contributed by atoms with Gasteiger partial charge in [-0.05, 0) is 32.0 Å². The fourth-order valence-electron chi connectivity index (χ4n) is 1.33. The van der Waals surface area contributed by atoms with Crippen molar-refractivity contribution in [3.8, 4) is 5.75 Å². The molecule has 1 rings (SSSR count). The molecule has 0 saturated heterocycles. The summed E-state index contributed by atoms with van der Waals surface area (Å²) >= 11 is 5.72. The Kier molecular flexibility index (Phi) is 6.08. The first kappa shape index (κ1) is 15.8. The summed E-state index contributed by atoms with van der Waals surface area (Å²) in [5, 5.41) is 18.9. The molecular formula is C13H17ClO5. The van der Waals surface area contributed by atoms with E-state index < -0.39 is 12.1 Å². The maximum atomic E-state index is 11.0. The van der Waals surface area contributed by atoms with Crippen molar-refractivity contribution in [2.45, 2.75) is 26.1 Å². The van der Waals surface area contributed by atoms with E-state index in [4.69, 9.17) is 26.2 Å². The van der Waals surface area contributed by atoms with Crippen molar-refractivity contribution in [2.24, 2.45) is 0 Å². The van der Waals surface area contributed by atoms with Gasteiger partial charge in [-0.25, -0.2) is 4.79 Å². The lowest BCUT2D eigenvalue weighted by atomic mass is 10.2. The van der Waals surface area contributed by atoms with Crippen molar-refractivity contribution in [3.05, 3.63) is 28.8 Å². The third-order valence-electron chi connectivity index (χ3n) is 2.23. The number of halogens is 1. The molecular weight excluding hydrogens is 272 g/mol. The molecule has 0 amide bonds. The quantitative estimate of drug-likeness (QED) is 0.804. The summed E-state index contributed by atoms with van der Waals surface area (Å²) in [6.07, 6.45) is -0.806. The smallest absolute Gasteiger partial charge is 0.339 e. The number of carboxylic acid groups (broad SMARTS) is 1. The SMILES string of the molecule is CC(C)OCC(O)COc1ccc(Cl)cc1C(=O)O. The van der Waals surface area contributed by atoms with Crippen LogP contribution in [0.3, 0.4) is 0 Å². The maximum absolute atomic E-state index is 11.0. The molecule has 0 aliphatic heterocycles. The third kappa shape index (κ3) is 5.46. The van der Waals surface area contributed by atoms with Crippen LogP contribution in [0, 0.1) is 0 Å². The third-order valence-corrected chi connectivity index (χ3v) is 2.46. The predicted octanol–water partition coefficient (Wildman–Crippen LogP) is 2.20. The molecule has 0 aromatic heterocycles. The van der Waals surface area contributed by atoms with E-state index in [1.54, 1.807) is 0 Å². The van der Waals surface area contributed by atoms with Gasteiger partial charge in [0.15, 0.2) is 0 Å². The van der Waals surface area contributed by atoms with Gasteiger partial charge in [-0.1, -0.05) is 11.6 Å². The van der Waals surface area contributed by atoms with Crippen LogP contribution in [0.2, 0.25) is 5.02 Å². The molecule has 0 saturated carbocycles. The van der Waals surface area contributed by atoms with Crippen molar-refractivity contribution in [3.63, 3.8) is 0 Å². The number of benzene rings is 1. The number of hydrogen-bond acceptors (Lipinski definition) is 4. The van der Waals surface area contributed by atoms with E-state index in [-0.39, 0.29) is 30.6 Å². The van der Waals surface area contributed by atoms with E-state index in [9.17, 15) is 9.90 Å². The van der Waals surface area contributed by atoms with E-state index in [2.05, 4.69) is 0 Å². The van der Waals surface area contributed by atoms with Gasteiger partial charge in [0.2, 0.25) is 0 Å². The van der Waals surface area contributed by atoms with Crippen LogP contribution in [0.5, 0.6) is 5.75 Å². The fraction of sp³-hybridized carbons (Fsp3) is 0.462. The Morgan fingerprint density at radius 3 is 2.63 bits per heavy atom. The largest absolute Gasteiger partial charge is 0.490 e. The first-order valence-electron chi connectivity index (χ1n) is 5.85. The van der Waals surface area contributed by atoms with Crippen LogP contribution in [0.4, 0.5) is 0 Å². The zero-order valence-corrected chi connectivity index (χ0v) is 11.6. The van der Waals surface area contributed by atoms with Gasteiger partial charge in [0.25, 0.3) is 0 Å². The van der Waals surface area contributed by atoms with Crippen LogP contribution in [0.15, 0.2) is 18.2 Å². The molecule has 1 unspecified atom stereocenters. The van der Waals surface area contributed by atoms with Crippen molar-refractivity contribution in [1.29, 1.82) is 0 Å². The zero-order chi connectivity index (χ0) is 14.4. The Bertz CT molecular complexity index is 433. The average Bonchev–Trinajstić information content (AvgIpc) is 2.34. The number of hydrogen-bond donors (Lipinski definition) is 2. The first-order valence-corrected chi connectivity index (χ1v) is 6.23. The molecule has 5 nitrogen and oxygen atoms in total. The maximum Gasteiger partial charge on any atom is 0.339 e. The van der Waals surface area contributed by atoms with Crippen LogP contribution in [0.1, 0.15) is 24.2 Å². The standard InChI is InChI=1S/C13H17ClO5/c1-8(2)18-6-10(15)7-19-12-4-3-9(14)5-11(12)13(16)17/h3-5,8,10,15H,6-7H2,1-2H3,(H,16,17). The highest BCUT2D eigenvalue weighted by Crippen LogP contribution is 2.23. The van der Waals surface area contributed by atoms with Crippen LogP contribution in [0.25, 0.3) is 0 Å². The molecule has 106 valence electrons. The van der Waals surface area contributed by atoms with Crippen molar-refractivity contribution >= 4 is 17.6 Å². The number of aromatic carboxylic acids is 1. The van der Waals surface area contributed by atoms with Gasteiger partial charge >= 0.3 is 5.97 Å². The number of aliphatic hydroxyl groups excluding tert-OH is 1. The Labute approximate surface area is 116 Å². The van der Waals surface area contributed by atoms with Gasteiger partial charge in [-0.15, -0.1) is 0 Å². The number of ether oxygens (including phenoxy) is 2. The number of carbonyl (C=O) groups is 1. The number of rotatable bonds is 7. The second-order valence-electron chi connectivity index (χ2n) is 4.29. The number of aliphatic hydroxyl groups is 1. The minimum atomic E-state index is -1.13. The van der Waals surface area contributed by atoms with Crippen LogP contribution in [-0.2, 0) is 4.74 Å². The van der Waals surface area contributed by atoms with E-state index in [0.717, 1.165) is 0 Å². The Balaban J connectivity index is 2.60. The lowest BCUT2D eigenvalue weighted by Crippen LogP contribution is -2.25. The highest BCUT2D eigenvalue weighted by molar-refractivity contribution is 6.31. The van der Waals surface area contributed by atoms with Gasteiger partial charge in [0.1, 0.15) is 24.0 Å². The molecule has 0 radical (unpaired) electrons. The molecule has 6 heteroatoms. The molecule has 0 spiro atoms. The van der Waals surface area contributed by atoms with Crippen LogP contribution < -0.4 is 4.74 Å². The molecule has 2 N–H and O–H groups in total. The summed E-state index contributed by atoms with van der Waals surface area (Å²) in [6.45, 7) is 3.80. The molecule has 1 aromatic rings. The lowest BCUT2D eigenvalue weighted by Gasteiger charge is -2.15. The Morgan fingerprint density at radius 1 is 1.37 bits per heavy atom. The van der Waals surface area contributed by atoms with Crippen molar-refractivity contribution in [1.82, 2.24) is 0 Å². The topological polar surface area (TPSA) is 76.0 Å². The van der Waals surface area contributed by atoms with Gasteiger partial charge < -0.3 is 19.7 Å². The van der Waals surface area contributed by atoms with Gasteiger partial charge in [0, 0.05) is 5.02 Å². The minimum absolute atomic E-state index is 0.0137. The molecule has 0 aliphatic rings. The summed E-state index contributed by atoms with van der Waals surface area (Å²) in [5.41, 5.74) is -0.0375. The predicted molar refractivity (Wildman–Crippen MR) is 71.0 cm³/mol. The summed E-state index contributed by atoms with van der Waals surface area (Å²) in [4.78, 5) is 11.0. The molecule has 0 bridgehead atoms. The minimum Gasteiger partial charge on any atom is -0.490 e. The molecule has 0 fully saturated rings. The second-order valence-corrected chi connectivity index (χ2v) is 4.73. The number of carboxylic acids is 1. The van der Waals surface area contributed by atoms with Crippen molar-refractivity contribution in [2.75, 3.05) is 13.2 Å². The molecule has 0 aliphatic carbocycles. The first-order chi connectivity index (χ1) is 8.90. The average molecular weight is 289 g/mol. The zero-order valence-electron chi connectivity index (χ0n) is 10.8. The van der Waals surface area contributed by atoms with Gasteiger partial charge in [0.05, 0.1) is 12.7 Å².